The zero-order valence-corrected chi connectivity index (χ0v) is 25.8. The Hall–Kier alpha value is -2.94. The first kappa shape index (κ1) is 31.5. The van der Waals surface area contributed by atoms with Crippen LogP contribution >= 0.6 is 0 Å². The Bertz CT molecular complexity index is 1300. The van der Waals surface area contributed by atoms with Crippen LogP contribution in [0.3, 0.4) is 0 Å². The number of nitrogens with zero attached hydrogens (tertiary/aromatic N) is 1. The number of benzene rings is 1. The minimum atomic E-state index is -1.22. The van der Waals surface area contributed by atoms with Gasteiger partial charge in [-0.05, 0) is 107 Å². The molecular weight excluding hydrogens is 546 g/mol. The quantitative estimate of drug-likeness (QED) is 0.291. The van der Waals surface area contributed by atoms with Gasteiger partial charge in [-0.2, -0.15) is 0 Å². The molecule has 2 fully saturated rings. The third-order valence-electron chi connectivity index (χ3n) is 10.1. The minimum Gasteiger partial charge on any atom is -0.461 e. The molecule has 0 unspecified atom stereocenters. The molecule has 6 rings (SSSR count). The lowest BCUT2D eigenvalue weighted by Crippen LogP contribution is -2.55. The highest BCUT2D eigenvalue weighted by Crippen LogP contribution is 2.59. The lowest BCUT2D eigenvalue weighted by molar-refractivity contribution is -0.0851. The Labute approximate surface area is 255 Å². The summed E-state index contributed by atoms with van der Waals surface area (Å²) >= 11 is 0. The number of fused-ring (bicyclic) bond motifs is 8. The number of carbonyl (C=O) groups excluding carboxylic acids is 2. The summed E-state index contributed by atoms with van der Waals surface area (Å²) in [5.74, 6) is -0.0871. The number of amides is 1. The van der Waals surface area contributed by atoms with Crippen LogP contribution < -0.4 is 0 Å². The molecule has 43 heavy (non-hydrogen) atoms. The van der Waals surface area contributed by atoms with E-state index >= 15 is 0 Å². The Kier molecular flexibility index (Phi) is 9.79. The molecule has 234 valence electrons. The van der Waals surface area contributed by atoms with Crippen LogP contribution in [-0.4, -0.2) is 71.1 Å². The number of ether oxygens (including phenoxy) is 2. The SMILES string of the molecule is CCOC(=O)N(C[C@H]1CCCO1)C[C@]1(O)CC[C@H]2c3ccc(cc3C(=O)c3ccco3)C[C@@H](O)CCC(C)=CCC[C@@]21C. The van der Waals surface area contributed by atoms with Crippen LogP contribution in [0.2, 0.25) is 0 Å². The van der Waals surface area contributed by atoms with Gasteiger partial charge < -0.3 is 29.0 Å². The molecule has 2 bridgehead atoms. The van der Waals surface area contributed by atoms with Crippen molar-refractivity contribution in [1.82, 2.24) is 4.90 Å². The highest BCUT2D eigenvalue weighted by molar-refractivity contribution is 6.08. The van der Waals surface area contributed by atoms with Crippen molar-refractivity contribution in [2.45, 2.75) is 102 Å². The van der Waals surface area contributed by atoms with E-state index in [1.54, 1.807) is 24.0 Å². The number of aliphatic hydroxyl groups excluding tert-OH is 1. The molecule has 1 aromatic carbocycles. The fourth-order valence-electron chi connectivity index (χ4n) is 7.51. The van der Waals surface area contributed by atoms with E-state index in [9.17, 15) is 19.8 Å². The number of ketones is 1. The molecular formula is C35H47NO7. The van der Waals surface area contributed by atoms with Gasteiger partial charge in [0.1, 0.15) is 0 Å². The van der Waals surface area contributed by atoms with E-state index in [4.69, 9.17) is 13.9 Å². The Morgan fingerprint density at radius 1 is 1.16 bits per heavy atom. The largest absolute Gasteiger partial charge is 0.461 e. The molecule has 5 atom stereocenters. The van der Waals surface area contributed by atoms with Crippen molar-refractivity contribution in [2.75, 3.05) is 26.3 Å². The second-order valence-electron chi connectivity index (χ2n) is 13.0. The summed E-state index contributed by atoms with van der Waals surface area (Å²) in [7, 11) is 0. The molecule has 1 aliphatic heterocycles. The van der Waals surface area contributed by atoms with Crippen LogP contribution in [0.5, 0.6) is 0 Å². The van der Waals surface area contributed by atoms with Gasteiger partial charge in [-0.1, -0.05) is 30.7 Å². The molecule has 0 radical (unpaired) electrons. The second-order valence-corrected chi connectivity index (χ2v) is 13.0. The topological polar surface area (TPSA) is 109 Å². The predicted molar refractivity (Wildman–Crippen MR) is 163 cm³/mol. The molecule has 1 amide bonds. The van der Waals surface area contributed by atoms with Crippen LogP contribution in [0.1, 0.15) is 105 Å². The third-order valence-corrected chi connectivity index (χ3v) is 10.1. The lowest BCUT2D eigenvalue weighted by atomic mass is 9.64. The number of hydrogen-bond donors (Lipinski definition) is 2. The number of allylic oxidation sites excluding steroid dienone is 2. The Morgan fingerprint density at radius 2 is 2.00 bits per heavy atom. The number of rotatable bonds is 7. The fraction of sp³-hybridized carbons (Fsp3) is 0.600. The lowest BCUT2D eigenvalue weighted by Gasteiger charge is -2.46. The highest BCUT2D eigenvalue weighted by Gasteiger charge is 2.58. The fourth-order valence-corrected chi connectivity index (χ4v) is 7.51. The summed E-state index contributed by atoms with van der Waals surface area (Å²) in [6.45, 7) is 7.44. The van der Waals surface area contributed by atoms with Crippen molar-refractivity contribution in [3.05, 3.63) is 70.7 Å². The summed E-state index contributed by atoms with van der Waals surface area (Å²) in [6.07, 6.45) is 8.92. The standard InChI is InChI=1S/C35H47NO7/c1-4-41-33(39)36(22-27-9-6-18-42-27)23-35(40)17-15-30-28-14-12-25(21-29(28)32(38)31-10-7-19-43-31)20-26(37)13-11-24(2)8-5-16-34(30,35)3/h7-8,10,12,14,19,21,26-27,30,37,40H,4-6,9,11,13,15-18,20,22-23H2,1-3H3/t26-,27+,30-,34-,35+/m0/s1. The van der Waals surface area contributed by atoms with Gasteiger partial charge in [-0.3, -0.25) is 4.79 Å². The van der Waals surface area contributed by atoms with Crippen LogP contribution in [0.15, 0.2) is 52.7 Å². The van der Waals surface area contributed by atoms with Crippen molar-refractivity contribution in [3.8, 4) is 0 Å². The normalized spacial score (nSPS) is 29.5. The van der Waals surface area contributed by atoms with Crippen molar-refractivity contribution < 1.29 is 33.7 Å². The number of carbonyl (C=O) groups is 2. The van der Waals surface area contributed by atoms with E-state index in [2.05, 4.69) is 19.9 Å². The summed E-state index contributed by atoms with van der Waals surface area (Å²) in [5.41, 5.74) is 1.65. The van der Waals surface area contributed by atoms with Crippen LogP contribution in [-0.2, 0) is 15.9 Å². The summed E-state index contributed by atoms with van der Waals surface area (Å²) in [5, 5.41) is 23.4. The Balaban J connectivity index is 1.56. The maximum atomic E-state index is 13.9. The number of furan rings is 1. The van der Waals surface area contributed by atoms with E-state index in [-0.39, 0.29) is 36.7 Å². The van der Waals surface area contributed by atoms with Gasteiger partial charge in [0.05, 0.1) is 43.8 Å². The maximum absolute atomic E-state index is 13.9. The molecule has 1 saturated carbocycles. The number of hydrogen-bond acceptors (Lipinski definition) is 7. The molecule has 3 aliphatic carbocycles. The van der Waals surface area contributed by atoms with Crippen molar-refractivity contribution in [3.63, 3.8) is 0 Å². The molecule has 8 nitrogen and oxygen atoms in total. The monoisotopic (exact) mass is 593 g/mol. The average molecular weight is 594 g/mol. The predicted octanol–water partition coefficient (Wildman–Crippen LogP) is 6.19. The van der Waals surface area contributed by atoms with Crippen LogP contribution in [0, 0.1) is 5.41 Å². The molecule has 8 heteroatoms. The number of aliphatic hydroxyl groups is 2. The van der Waals surface area contributed by atoms with Crippen molar-refractivity contribution >= 4 is 11.9 Å². The van der Waals surface area contributed by atoms with E-state index in [0.717, 1.165) is 36.8 Å². The van der Waals surface area contributed by atoms with Gasteiger partial charge in [0, 0.05) is 17.6 Å². The molecule has 1 saturated heterocycles. The third kappa shape index (κ3) is 6.76. The van der Waals surface area contributed by atoms with Crippen LogP contribution in [0.25, 0.3) is 0 Å². The van der Waals surface area contributed by atoms with E-state index in [0.29, 0.717) is 50.8 Å². The van der Waals surface area contributed by atoms with E-state index in [1.807, 2.05) is 18.2 Å². The van der Waals surface area contributed by atoms with Gasteiger partial charge in [0.2, 0.25) is 5.78 Å². The smallest absolute Gasteiger partial charge is 0.409 e. The van der Waals surface area contributed by atoms with Gasteiger partial charge >= 0.3 is 6.09 Å². The zero-order valence-electron chi connectivity index (χ0n) is 25.8. The van der Waals surface area contributed by atoms with Gasteiger partial charge in [0.25, 0.3) is 0 Å². The van der Waals surface area contributed by atoms with E-state index < -0.39 is 23.2 Å². The first-order chi connectivity index (χ1) is 20.6. The molecule has 2 aromatic rings. The molecule has 4 aliphatic rings. The molecule has 2 heterocycles. The summed E-state index contributed by atoms with van der Waals surface area (Å²) < 4.78 is 16.8. The van der Waals surface area contributed by atoms with Crippen LogP contribution in [0.4, 0.5) is 4.79 Å². The van der Waals surface area contributed by atoms with Gasteiger partial charge in [-0.15, -0.1) is 0 Å². The van der Waals surface area contributed by atoms with Gasteiger partial charge in [-0.25, -0.2) is 4.79 Å². The second kappa shape index (κ2) is 13.4. The molecule has 0 spiro atoms. The minimum absolute atomic E-state index is 0.0759. The first-order valence-corrected chi connectivity index (χ1v) is 15.9. The summed E-state index contributed by atoms with van der Waals surface area (Å²) in [6, 6.07) is 9.29. The van der Waals surface area contributed by atoms with E-state index in [1.165, 1.54) is 11.8 Å². The highest BCUT2D eigenvalue weighted by atomic mass is 16.6. The van der Waals surface area contributed by atoms with Gasteiger partial charge in [0.15, 0.2) is 5.76 Å². The average Bonchev–Trinajstić information content (AvgIpc) is 3.74. The molecule has 1 aromatic heterocycles. The first-order valence-electron chi connectivity index (χ1n) is 15.9. The summed E-state index contributed by atoms with van der Waals surface area (Å²) in [4.78, 5) is 28.7. The molecule has 2 N–H and O–H groups in total. The van der Waals surface area contributed by atoms with Crippen molar-refractivity contribution in [1.29, 1.82) is 0 Å². The van der Waals surface area contributed by atoms with Crippen molar-refractivity contribution in [2.24, 2.45) is 5.41 Å². The zero-order chi connectivity index (χ0) is 30.6. The Morgan fingerprint density at radius 3 is 2.72 bits per heavy atom. The maximum Gasteiger partial charge on any atom is 0.409 e.